The van der Waals surface area contributed by atoms with Crippen molar-refractivity contribution in [1.29, 1.82) is 0 Å². The summed E-state index contributed by atoms with van der Waals surface area (Å²) in [4.78, 5) is 24.7. The molecule has 0 saturated carbocycles. The van der Waals surface area contributed by atoms with E-state index in [0.29, 0.717) is 6.42 Å². The van der Waals surface area contributed by atoms with Crippen LogP contribution in [0.4, 0.5) is 10.2 Å². The number of terminal acetylenes is 1. The average Bonchev–Trinajstić information content (AvgIpc) is 3.63. The van der Waals surface area contributed by atoms with Gasteiger partial charge in [0, 0.05) is 6.42 Å². The molecule has 3 heterocycles. The summed E-state index contributed by atoms with van der Waals surface area (Å²) in [6.07, 6.45) is 6.33. The monoisotopic (exact) mass is 666 g/mol. The number of esters is 1. The second-order valence-corrected chi connectivity index (χ2v) is 12.7. The fraction of sp³-hybridized carbons (Fsp3) is 0.375. The third-order valence-corrected chi connectivity index (χ3v) is 9.12. The van der Waals surface area contributed by atoms with Gasteiger partial charge in [-0.15, -0.1) is 6.42 Å². The second kappa shape index (κ2) is 15.0. The fourth-order valence-corrected chi connectivity index (χ4v) is 6.60. The van der Waals surface area contributed by atoms with E-state index >= 15 is 0 Å². The number of carbonyl (C=O) groups excluding carboxylic acids is 1. The zero-order valence-electron chi connectivity index (χ0n) is 25.7. The largest absolute Gasteiger partial charge is 0.465 e. The van der Waals surface area contributed by atoms with Gasteiger partial charge in [-0.2, -0.15) is 19.4 Å². The molecule has 248 valence electrons. The van der Waals surface area contributed by atoms with Gasteiger partial charge in [-0.25, -0.2) is 9.55 Å². The van der Waals surface area contributed by atoms with Gasteiger partial charge in [-0.1, -0.05) is 74.2 Å². The molecule has 1 aliphatic rings. The molecule has 2 aromatic heterocycles. The number of unbranched alkanes of at least 4 members (excludes halogenated alkanes) is 2. The summed E-state index contributed by atoms with van der Waals surface area (Å²) in [7, 11) is -4.44. The van der Waals surface area contributed by atoms with E-state index in [2.05, 4.69) is 26.0 Å². The van der Waals surface area contributed by atoms with Crippen LogP contribution in [-0.4, -0.2) is 61.6 Å². The second-order valence-electron chi connectivity index (χ2n) is 11.0. The molecular weight excluding hydrogens is 630 g/mol. The Bertz CT molecular complexity index is 1760. The quantitative estimate of drug-likeness (QED) is 0.0540. The number of aromatic nitrogens is 4. The number of aliphatic hydroxyl groups excluding tert-OH is 1. The minimum Gasteiger partial charge on any atom is -0.465 e. The van der Waals surface area contributed by atoms with Crippen LogP contribution in [0.1, 0.15) is 44.4 Å². The van der Waals surface area contributed by atoms with E-state index in [1.807, 2.05) is 37.3 Å². The Morgan fingerprint density at radius 1 is 1.23 bits per heavy atom. The van der Waals surface area contributed by atoms with Gasteiger partial charge in [0.05, 0.1) is 12.9 Å². The number of carbonyl (C=O) groups is 1. The van der Waals surface area contributed by atoms with E-state index in [9.17, 15) is 18.9 Å². The Labute approximate surface area is 271 Å². The van der Waals surface area contributed by atoms with Gasteiger partial charge in [0.25, 0.3) is 0 Å². The highest BCUT2D eigenvalue weighted by atomic mass is 31.2. The number of para-hydroxylation sites is 1. The molecule has 4 aromatic rings. The van der Waals surface area contributed by atoms with Crippen molar-refractivity contribution in [3.63, 3.8) is 0 Å². The summed E-state index contributed by atoms with van der Waals surface area (Å²) < 4.78 is 53.2. The van der Waals surface area contributed by atoms with Gasteiger partial charge in [-0.3, -0.25) is 13.9 Å². The predicted octanol–water partition coefficient (Wildman–Crippen LogP) is 4.34. The SMILES string of the molecule is C#C[C@]1(COP(=O)(N[C@@H](Cc2ccccc2)C(=O)OCCCCC)Oc2ccccc2)O[C@@H](n2cnc3c(N)nc(F)nc32)C[C@@H]1O. The highest BCUT2D eigenvalue weighted by Crippen LogP contribution is 2.48. The summed E-state index contributed by atoms with van der Waals surface area (Å²) in [5.41, 5.74) is 4.88. The number of fused-ring (bicyclic) bond motifs is 1. The smallest absolute Gasteiger partial charge is 0.459 e. The highest BCUT2D eigenvalue weighted by Gasteiger charge is 2.50. The Morgan fingerprint density at radius 3 is 2.66 bits per heavy atom. The van der Waals surface area contributed by atoms with Gasteiger partial charge in [0.15, 0.2) is 22.6 Å². The number of nitrogen functional groups attached to an aromatic ring is 1. The molecule has 1 unspecified atom stereocenters. The van der Waals surface area contributed by atoms with Crippen LogP contribution in [0, 0.1) is 18.4 Å². The highest BCUT2D eigenvalue weighted by molar-refractivity contribution is 7.52. The lowest BCUT2D eigenvalue weighted by atomic mass is 9.99. The summed E-state index contributed by atoms with van der Waals surface area (Å²) in [5.74, 6) is 1.79. The molecule has 1 fully saturated rings. The first-order chi connectivity index (χ1) is 22.6. The lowest BCUT2D eigenvalue weighted by molar-refractivity contribution is -0.146. The molecule has 0 radical (unpaired) electrons. The average molecular weight is 667 g/mol. The number of rotatable bonds is 15. The first kappa shape index (κ1) is 34.0. The van der Waals surface area contributed by atoms with Crippen LogP contribution >= 0.6 is 7.75 Å². The number of benzene rings is 2. The van der Waals surface area contributed by atoms with E-state index in [4.69, 9.17) is 30.7 Å². The van der Waals surface area contributed by atoms with E-state index < -0.39 is 50.4 Å². The fourth-order valence-electron chi connectivity index (χ4n) is 5.08. The molecule has 2 aromatic carbocycles. The molecule has 0 bridgehead atoms. The van der Waals surface area contributed by atoms with Crippen LogP contribution in [0.15, 0.2) is 67.0 Å². The number of nitrogens with two attached hydrogens (primary N) is 1. The molecular formula is C32H36FN6O7P. The van der Waals surface area contributed by atoms with Crippen LogP contribution in [-0.2, 0) is 29.8 Å². The van der Waals surface area contributed by atoms with Crippen LogP contribution in [0.5, 0.6) is 5.75 Å². The topological polar surface area (TPSA) is 173 Å². The van der Waals surface area contributed by atoms with Crippen molar-refractivity contribution in [2.75, 3.05) is 18.9 Å². The molecule has 0 amide bonds. The maximum absolute atomic E-state index is 14.5. The standard InChI is InChI=1S/C32H36FN6O7P/c1-3-5-12-17-43-30(41)24(18-22-13-8-6-9-14-22)38-47(42,46-23-15-10-7-11-16-23)44-20-32(4-2)25(40)19-26(45-32)39-21-35-27-28(34)36-31(33)37-29(27)39/h2,6-11,13-16,21,24-26,40H,3,5,12,17-20H2,1H3,(H,38,42)(H2,34,36,37)/t24-,25-,26+,32+,47?/m0/s1. The molecule has 47 heavy (non-hydrogen) atoms. The molecule has 0 spiro atoms. The number of ether oxygens (including phenoxy) is 2. The summed E-state index contributed by atoms with van der Waals surface area (Å²) in [5, 5.41) is 13.9. The van der Waals surface area contributed by atoms with Gasteiger partial charge in [-0.05, 0) is 30.5 Å². The number of aliphatic hydroxyl groups is 1. The predicted molar refractivity (Wildman–Crippen MR) is 170 cm³/mol. The normalized spacial score (nSPS) is 21.1. The van der Waals surface area contributed by atoms with E-state index in [1.54, 1.807) is 30.3 Å². The first-order valence-corrected chi connectivity index (χ1v) is 16.7. The number of nitrogens with one attached hydrogen (secondary N) is 1. The van der Waals surface area contributed by atoms with E-state index in [1.165, 1.54) is 10.9 Å². The van der Waals surface area contributed by atoms with Crippen LogP contribution in [0.3, 0.4) is 0 Å². The Balaban J connectivity index is 1.40. The zero-order valence-corrected chi connectivity index (χ0v) is 26.6. The van der Waals surface area contributed by atoms with Gasteiger partial charge in [0.1, 0.15) is 30.7 Å². The molecule has 15 heteroatoms. The molecule has 1 aliphatic heterocycles. The molecule has 5 rings (SSSR count). The lowest BCUT2D eigenvalue weighted by Gasteiger charge is -2.30. The maximum Gasteiger partial charge on any atom is 0.459 e. The minimum atomic E-state index is -4.44. The number of halogens is 1. The third kappa shape index (κ3) is 8.13. The number of anilines is 1. The van der Waals surface area contributed by atoms with E-state index in [-0.39, 0.29) is 42.2 Å². The molecule has 4 N–H and O–H groups in total. The van der Waals surface area contributed by atoms with Crippen LogP contribution in [0.25, 0.3) is 11.2 Å². The first-order valence-electron chi connectivity index (χ1n) is 15.1. The van der Waals surface area contributed by atoms with Crippen molar-refractivity contribution in [2.24, 2.45) is 0 Å². The van der Waals surface area contributed by atoms with E-state index in [0.717, 1.165) is 18.4 Å². The zero-order chi connectivity index (χ0) is 33.4. The Hall–Kier alpha value is -4.38. The van der Waals surface area contributed by atoms with Crippen molar-refractivity contribution in [3.05, 3.63) is 78.6 Å². The van der Waals surface area contributed by atoms with Crippen molar-refractivity contribution in [3.8, 4) is 18.1 Å². The van der Waals surface area contributed by atoms with Crippen LogP contribution < -0.4 is 15.3 Å². The molecule has 1 saturated heterocycles. The molecule has 0 aliphatic carbocycles. The number of imidazole rings is 1. The maximum atomic E-state index is 14.5. The number of nitrogens with zero attached hydrogens (tertiary/aromatic N) is 4. The minimum absolute atomic E-state index is 0.0295. The number of hydrogen-bond acceptors (Lipinski definition) is 11. The van der Waals surface area contributed by atoms with Crippen molar-refractivity contribution in [1.82, 2.24) is 24.6 Å². The summed E-state index contributed by atoms with van der Waals surface area (Å²) in [6.45, 7) is 1.60. The van der Waals surface area contributed by atoms with Crippen molar-refractivity contribution >= 4 is 30.7 Å². The number of hydrogen-bond donors (Lipinski definition) is 3. The van der Waals surface area contributed by atoms with Gasteiger partial charge < -0.3 is 24.8 Å². The summed E-state index contributed by atoms with van der Waals surface area (Å²) >= 11 is 0. The third-order valence-electron chi connectivity index (χ3n) is 7.58. The Morgan fingerprint density at radius 2 is 1.96 bits per heavy atom. The molecule has 5 atom stereocenters. The lowest BCUT2D eigenvalue weighted by Crippen LogP contribution is -2.44. The van der Waals surface area contributed by atoms with Gasteiger partial charge >= 0.3 is 19.8 Å². The summed E-state index contributed by atoms with van der Waals surface area (Å²) in [6, 6.07) is 16.2. The van der Waals surface area contributed by atoms with Gasteiger partial charge in [0.2, 0.25) is 0 Å². The molecule has 13 nitrogen and oxygen atoms in total. The Kier molecular flexibility index (Phi) is 10.9. The van der Waals surface area contributed by atoms with Crippen molar-refractivity contribution in [2.45, 2.75) is 63.0 Å². The van der Waals surface area contributed by atoms with Crippen molar-refractivity contribution < 1.29 is 37.4 Å². The van der Waals surface area contributed by atoms with Crippen LogP contribution in [0.2, 0.25) is 0 Å².